The number of non-ortho nitro benzene ring substituents is 1. The molecule has 0 bridgehead atoms. The van der Waals surface area contributed by atoms with E-state index in [1.54, 1.807) is 12.5 Å². The molecule has 8 nitrogen and oxygen atoms in total. The summed E-state index contributed by atoms with van der Waals surface area (Å²) in [5.41, 5.74) is 1.53. The molecule has 2 aromatic heterocycles. The lowest BCUT2D eigenvalue weighted by Gasteiger charge is -2.01. The number of methoxy groups -OCH3 is 1. The van der Waals surface area contributed by atoms with Crippen LogP contribution in [0.1, 0.15) is 10.4 Å². The van der Waals surface area contributed by atoms with E-state index in [2.05, 4.69) is 10.3 Å². The summed E-state index contributed by atoms with van der Waals surface area (Å²) >= 11 is 1.26. The molecule has 0 fully saturated rings. The van der Waals surface area contributed by atoms with Crippen molar-refractivity contribution >= 4 is 39.0 Å². The van der Waals surface area contributed by atoms with Gasteiger partial charge in [0.2, 0.25) is 0 Å². The Hall–Kier alpha value is -3.72. The number of amides is 1. The molecule has 0 unspecified atom stereocenters. The summed E-state index contributed by atoms with van der Waals surface area (Å²) < 4.78 is 11.0. The average Bonchev–Trinajstić information content (AvgIpc) is 3.33. The molecule has 140 valence electrons. The second kappa shape index (κ2) is 7.12. The standard InChI is InChI=1S/C19H13N3O5S/c1-26-14-6-7-16-12(8-14)9-17(27-16)15-10-28-19(20-15)21-18(23)11-2-4-13(5-3-11)22(24)25/h2-10H,1H3,(H,20,21,23). The summed E-state index contributed by atoms with van der Waals surface area (Å²) in [6.07, 6.45) is 0. The predicted molar refractivity (Wildman–Crippen MR) is 105 cm³/mol. The first-order valence-electron chi connectivity index (χ1n) is 8.13. The molecule has 9 heteroatoms. The highest BCUT2D eigenvalue weighted by Crippen LogP contribution is 2.32. The van der Waals surface area contributed by atoms with Crippen LogP contribution in [0.5, 0.6) is 5.75 Å². The van der Waals surface area contributed by atoms with Crippen molar-refractivity contribution in [3.63, 3.8) is 0 Å². The molecule has 0 aliphatic carbocycles. The second-order valence-electron chi connectivity index (χ2n) is 5.81. The van der Waals surface area contributed by atoms with Gasteiger partial charge in [0.05, 0.1) is 12.0 Å². The van der Waals surface area contributed by atoms with Gasteiger partial charge in [-0.05, 0) is 36.4 Å². The Morgan fingerprint density at radius 2 is 2.00 bits per heavy atom. The number of nitrogens with one attached hydrogen (secondary N) is 1. The number of furan rings is 1. The molecule has 0 saturated carbocycles. The smallest absolute Gasteiger partial charge is 0.269 e. The molecule has 0 saturated heterocycles. The van der Waals surface area contributed by atoms with Crippen LogP contribution in [-0.2, 0) is 0 Å². The quantitative estimate of drug-likeness (QED) is 0.387. The zero-order valence-electron chi connectivity index (χ0n) is 14.5. The highest BCUT2D eigenvalue weighted by Gasteiger charge is 2.14. The Kier molecular flexibility index (Phi) is 4.50. The molecule has 0 aliphatic heterocycles. The number of thiazole rings is 1. The van der Waals surface area contributed by atoms with Gasteiger partial charge in [-0.2, -0.15) is 0 Å². The van der Waals surface area contributed by atoms with Crippen molar-refractivity contribution in [3.05, 3.63) is 69.6 Å². The number of nitro benzene ring substituents is 1. The van der Waals surface area contributed by atoms with E-state index in [4.69, 9.17) is 9.15 Å². The van der Waals surface area contributed by atoms with Crippen LogP contribution in [0.25, 0.3) is 22.4 Å². The average molecular weight is 395 g/mol. The lowest BCUT2D eigenvalue weighted by Crippen LogP contribution is -2.11. The normalized spacial score (nSPS) is 10.8. The number of nitro groups is 1. The van der Waals surface area contributed by atoms with Crippen molar-refractivity contribution in [2.45, 2.75) is 0 Å². The molecule has 1 N–H and O–H groups in total. The first-order valence-corrected chi connectivity index (χ1v) is 9.01. The van der Waals surface area contributed by atoms with Crippen molar-refractivity contribution in [1.29, 1.82) is 0 Å². The zero-order chi connectivity index (χ0) is 19.7. The van der Waals surface area contributed by atoms with E-state index in [1.165, 1.54) is 35.6 Å². The summed E-state index contributed by atoms with van der Waals surface area (Å²) in [7, 11) is 1.60. The van der Waals surface area contributed by atoms with Crippen LogP contribution in [0.15, 0.2) is 58.3 Å². The van der Waals surface area contributed by atoms with Crippen molar-refractivity contribution in [2.24, 2.45) is 0 Å². The summed E-state index contributed by atoms with van der Waals surface area (Å²) in [4.78, 5) is 26.9. The van der Waals surface area contributed by atoms with E-state index < -0.39 is 10.8 Å². The number of hydrogen-bond acceptors (Lipinski definition) is 7. The van der Waals surface area contributed by atoms with Crippen molar-refractivity contribution in [2.75, 3.05) is 12.4 Å². The minimum absolute atomic E-state index is 0.0744. The molecule has 4 aromatic rings. The van der Waals surface area contributed by atoms with Gasteiger partial charge in [-0.25, -0.2) is 4.98 Å². The van der Waals surface area contributed by atoms with Gasteiger partial charge in [0.15, 0.2) is 10.9 Å². The number of ether oxygens (including phenoxy) is 1. The molecular formula is C19H13N3O5S. The highest BCUT2D eigenvalue weighted by atomic mass is 32.1. The number of nitrogens with zero attached hydrogens (tertiary/aromatic N) is 2. The molecule has 1 amide bonds. The topological polar surface area (TPSA) is 108 Å². The van der Waals surface area contributed by atoms with Gasteiger partial charge in [0.1, 0.15) is 17.0 Å². The predicted octanol–water partition coefficient (Wildman–Crippen LogP) is 4.73. The van der Waals surface area contributed by atoms with Crippen LogP contribution in [0.3, 0.4) is 0 Å². The van der Waals surface area contributed by atoms with Gasteiger partial charge in [-0.3, -0.25) is 20.2 Å². The molecule has 28 heavy (non-hydrogen) atoms. The number of fused-ring (bicyclic) bond motifs is 1. The van der Waals surface area contributed by atoms with Gasteiger partial charge >= 0.3 is 0 Å². The summed E-state index contributed by atoms with van der Waals surface area (Å²) in [6, 6.07) is 12.7. The third-order valence-corrected chi connectivity index (χ3v) is 4.80. The second-order valence-corrected chi connectivity index (χ2v) is 6.67. The van der Waals surface area contributed by atoms with E-state index in [0.29, 0.717) is 27.7 Å². The third kappa shape index (κ3) is 3.42. The number of benzene rings is 2. The third-order valence-electron chi connectivity index (χ3n) is 4.04. The minimum atomic E-state index is -0.516. The number of aromatic nitrogens is 1. The Balaban J connectivity index is 1.52. The molecule has 0 atom stereocenters. The van der Waals surface area contributed by atoms with Crippen LogP contribution in [-0.4, -0.2) is 22.9 Å². The lowest BCUT2D eigenvalue weighted by molar-refractivity contribution is -0.384. The number of carbonyl (C=O) groups excluding carboxylic acids is 1. The SMILES string of the molecule is COc1ccc2oc(-c3csc(NC(=O)c4ccc([N+](=O)[O-])cc4)n3)cc2c1. The van der Waals surface area contributed by atoms with Crippen LogP contribution in [0.4, 0.5) is 10.8 Å². The number of hydrogen-bond donors (Lipinski definition) is 1. The number of carbonyl (C=O) groups is 1. The molecule has 0 aliphatic rings. The Bertz CT molecular complexity index is 1180. The molecule has 4 rings (SSSR count). The number of rotatable bonds is 5. The van der Waals surface area contributed by atoms with Crippen LogP contribution < -0.4 is 10.1 Å². The van der Waals surface area contributed by atoms with E-state index in [0.717, 1.165) is 11.1 Å². The Morgan fingerprint density at radius 3 is 2.71 bits per heavy atom. The summed E-state index contributed by atoms with van der Waals surface area (Å²) in [6.45, 7) is 0. The highest BCUT2D eigenvalue weighted by molar-refractivity contribution is 7.14. The lowest BCUT2D eigenvalue weighted by atomic mass is 10.2. The molecule has 0 radical (unpaired) electrons. The fraction of sp³-hybridized carbons (Fsp3) is 0.0526. The number of anilines is 1. The fourth-order valence-electron chi connectivity index (χ4n) is 2.62. The van der Waals surface area contributed by atoms with Gasteiger partial charge in [0.25, 0.3) is 11.6 Å². The first-order chi connectivity index (χ1) is 13.5. The maximum atomic E-state index is 12.3. The summed E-state index contributed by atoms with van der Waals surface area (Å²) in [5, 5.41) is 16.4. The Labute approximate surface area is 162 Å². The van der Waals surface area contributed by atoms with Crippen LogP contribution in [0, 0.1) is 10.1 Å². The van der Waals surface area contributed by atoms with Crippen LogP contribution in [0.2, 0.25) is 0 Å². The summed E-state index contributed by atoms with van der Waals surface area (Å²) in [5.74, 6) is 0.912. The Morgan fingerprint density at radius 1 is 1.21 bits per heavy atom. The van der Waals surface area contributed by atoms with E-state index >= 15 is 0 Å². The van der Waals surface area contributed by atoms with Gasteiger partial charge in [-0.15, -0.1) is 11.3 Å². The molecule has 2 aromatic carbocycles. The molecule has 2 heterocycles. The zero-order valence-corrected chi connectivity index (χ0v) is 15.4. The van der Waals surface area contributed by atoms with E-state index in [9.17, 15) is 14.9 Å². The van der Waals surface area contributed by atoms with Gasteiger partial charge in [-0.1, -0.05) is 0 Å². The first kappa shape index (κ1) is 17.7. The monoisotopic (exact) mass is 395 g/mol. The van der Waals surface area contributed by atoms with Crippen LogP contribution >= 0.6 is 11.3 Å². The van der Waals surface area contributed by atoms with Crippen molar-refractivity contribution in [3.8, 4) is 17.2 Å². The fourth-order valence-corrected chi connectivity index (χ4v) is 3.32. The van der Waals surface area contributed by atoms with Crippen molar-refractivity contribution in [1.82, 2.24) is 4.98 Å². The van der Waals surface area contributed by atoms with Gasteiger partial charge in [0, 0.05) is 28.5 Å². The van der Waals surface area contributed by atoms with Gasteiger partial charge < -0.3 is 9.15 Å². The minimum Gasteiger partial charge on any atom is -0.497 e. The largest absolute Gasteiger partial charge is 0.497 e. The molecular weight excluding hydrogens is 382 g/mol. The van der Waals surface area contributed by atoms with E-state index in [1.807, 2.05) is 24.3 Å². The molecule has 0 spiro atoms. The van der Waals surface area contributed by atoms with Crippen molar-refractivity contribution < 1.29 is 18.9 Å². The van der Waals surface area contributed by atoms with E-state index in [-0.39, 0.29) is 5.69 Å². The maximum Gasteiger partial charge on any atom is 0.269 e. The maximum absolute atomic E-state index is 12.3.